The van der Waals surface area contributed by atoms with E-state index in [2.05, 4.69) is 28.7 Å². The summed E-state index contributed by atoms with van der Waals surface area (Å²) in [5, 5.41) is 0. The highest BCUT2D eigenvalue weighted by Crippen LogP contribution is 2.15. The second-order valence-electron chi connectivity index (χ2n) is 7.46. The zero-order chi connectivity index (χ0) is 21.3. The molecule has 1 aromatic heterocycles. The summed E-state index contributed by atoms with van der Waals surface area (Å²) >= 11 is 0. The predicted molar refractivity (Wildman–Crippen MR) is 116 cm³/mol. The summed E-state index contributed by atoms with van der Waals surface area (Å²) < 4.78 is 23.2. The van der Waals surface area contributed by atoms with E-state index in [1.165, 1.54) is 12.5 Å². The molecule has 0 aliphatic rings. The Morgan fingerprint density at radius 3 is 2.38 bits per heavy atom. The fourth-order valence-electron chi connectivity index (χ4n) is 3.37. The minimum atomic E-state index is -3.16. The van der Waals surface area contributed by atoms with Crippen molar-refractivity contribution < 1.29 is 8.42 Å². The number of benzene rings is 1. The van der Waals surface area contributed by atoms with Crippen molar-refractivity contribution in [3.8, 4) is 0 Å². The second-order valence-corrected chi connectivity index (χ2v) is 9.48. The first-order valence-electron chi connectivity index (χ1n) is 10.1. The minimum Gasteiger partial charge on any atom is -0.300 e. The van der Waals surface area contributed by atoms with Crippen molar-refractivity contribution in [2.75, 3.05) is 19.3 Å². The van der Waals surface area contributed by atoms with Gasteiger partial charge in [-0.05, 0) is 75.9 Å². The van der Waals surface area contributed by atoms with Crippen LogP contribution in [0.5, 0.6) is 0 Å². The lowest BCUT2D eigenvalue weighted by atomic mass is 10.0. The SMILES string of the molecule is CCCN(CCCCc1ncccnc1=O)[C@@H](C)Cc1ccc(S(C)(=O)=O)cc1. The zero-order valence-electron chi connectivity index (χ0n) is 17.5. The Hall–Kier alpha value is -2.12. The van der Waals surface area contributed by atoms with Gasteiger partial charge < -0.3 is 4.90 Å². The van der Waals surface area contributed by atoms with Crippen molar-refractivity contribution in [3.05, 3.63) is 64.3 Å². The molecule has 2 rings (SSSR count). The van der Waals surface area contributed by atoms with E-state index in [9.17, 15) is 13.2 Å². The Morgan fingerprint density at radius 2 is 1.72 bits per heavy atom. The molecule has 7 heteroatoms. The van der Waals surface area contributed by atoms with Gasteiger partial charge in [-0.1, -0.05) is 19.1 Å². The van der Waals surface area contributed by atoms with Gasteiger partial charge in [0.1, 0.15) is 5.69 Å². The number of hydrogen-bond donors (Lipinski definition) is 0. The summed E-state index contributed by atoms with van der Waals surface area (Å²) in [6.45, 7) is 6.34. The average molecular weight is 418 g/mol. The first-order valence-corrected chi connectivity index (χ1v) is 12.0. The highest BCUT2D eigenvalue weighted by atomic mass is 32.2. The Bertz CT molecular complexity index is 930. The van der Waals surface area contributed by atoms with Gasteiger partial charge in [0, 0.05) is 24.7 Å². The van der Waals surface area contributed by atoms with Crippen LogP contribution in [-0.2, 0) is 22.7 Å². The largest absolute Gasteiger partial charge is 0.300 e. The van der Waals surface area contributed by atoms with E-state index in [-0.39, 0.29) is 5.56 Å². The molecule has 1 heterocycles. The van der Waals surface area contributed by atoms with Gasteiger partial charge >= 0.3 is 0 Å². The third-order valence-electron chi connectivity index (χ3n) is 4.97. The van der Waals surface area contributed by atoms with E-state index in [0.29, 0.717) is 23.1 Å². The summed E-state index contributed by atoms with van der Waals surface area (Å²) in [5.41, 5.74) is 1.41. The molecule has 0 aliphatic heterocycles. The van der Waals surface area contributed by atoms with E-state index in [1.54, 1.807) is 24.4 Å². The fourth-order valence-corrected chi connectivity index (χ4v) is 4.00. The van der Waals surface area contributed by atoms with Gasteiger partial charge in [0.25, 0.3) is 5.56 Å². The van der Waals surface area contributed by atoms with E-state index < -0.39 is 9.84 Å². The summed E-state index contributed by atoms with van der Waals surface area (Å²) in [6, 6.07) is 9.19. The maximum atomic E-state index is 11.8. The highest BCUT2D eigenvalue weighted by molar-refractivity contribution is 7.90. The van der Waals surface area contributed by atoms with Crippen molar-refractivity contribution in [2.24, 2.45) is 0 Å². The summed E-state index contributed by atoms with van der Waals surface area (Å²) in [5.74, 6) is 0. The minimum absolute atomic E-state index is 0.244. The molecular weight excluding hydrogens is 386 g/mol. The standard InChI is InChI=1S/C22H31N3O3S/c1-4-15-25(16-6-5-8-21-22(26)24-14-7-13-23-21)18(2)17-19-9-11-20(12-10-19)29(3,27)28/h7,9-14,18H,4-6,8,15-17H2,1-3H3/t18-/m0/s1. The molecule has 6 nitrogen and oxygen atoms in total. The van der Waals surface area contributed by atoms with Gasteiger partial charge in [0.05, 0.1) is 4.90 Å². The van der Waals surface area contributed by atoms with Crippen molar-refractivity contribution in [3.63, 3.8) is 0 Å². The van der Waals surface area contributed by atoms with Crippen LogP contribution in [0.3, 0.4) is 0 Å². The smallest absolute Gasteiger partial charge is 0.291 e. The highest BCUT2D eigenvalue weighted by Gasteiger charge is 2.14. The molecule has 1 aromatic carbocycles. The fraction of sp³-hybridized carbons (Fsp3) is 0.500. The molecule has 29 heavy (non-hydrogen) atoms. The molecule has 0 saturated heterocycles. The summed E-state index contributed by atoms with van der Waals surface area (Å²) in [4.78, 5) is 22.6. The van der Waals surface area contributed by atoms with Gasteiger partial charge in [-0.2, -0.15) is 0 Å². The number of aromatic nitrogens is 2. The number of nitrogens with zero attached hydrogens (tertiary/aromatic N) is 3. The maximum Gasteiger partial charge on any atom is 0.291 e. The number of hydrogen-bond acceptors (Lipinski definition) is 6. The van der Waals surface area contributed by atoms with Crippen LogP contribution in [0.15, 0.2) is 52.4 Å². The first kappa shape index (κ1) is 23.2. The molecule has 0 radical (unpaired) electrons. The summed E-state index contributed by atoms with van der Waals surface area (Å²) in [7, 11) is -3.16. The number of aryl methyl sites for hydroxylation is 1. The molecule has 0 unspecified atom stereocenters. The number of sulfone groups is 1. The monoisotopic (exact) mass is 417 g/mol. The van der Waals surface area contributed by atoms with Crippen LogP contribution in [0.25, 0.3) is 0 Å². The third kappa shape index (κ3) is 7.66. The molecule has 1 atom stereocenters. The molecule has 0 bridgehead atoms. The number of rotatable bonds is 11. The van der Waals surface area contributed by atoms with Crippen LogP contribution in [0.1, 0.15) is 44.4 Å². The van der Waals surface area contributed by atoms with Crippen molar-refractivity contribution >= 4 is 9.84 Å². The van der Waals surface area contributed by atoms with Crippen LogP contribution >= 0.6 is 0 Å². The molecule has 0 saturated carbocycles. The summed E-state index contributed by atoms with van der Waals surface area (Å²) in [6.07, 6.45) is 8.78. The first-order chi connectivity index (χ1) is 13.8. The molecule has 158 valence electrons. The quantitative estimate of drug-likeness (QED) is 0.523. The Labute approximate surface area is 173 Å². The molecule has 0 amide bonds. The van der Waals surface area contributed by atoms with Gasteiger partial charge in [-0.3, -0.25) is 9.78 Å². The molecule has 0 spiro atoms. The van der Waals surface area contributed by atoms with Crippen molar-refractivity contribution in [2.45, 2.75) is 56.9 Å². The lowest BCUT2D eigenvalue weighted by Gasteiger charge is -2.29. The maximum absolute atomic E-state index is 11.8. The Kier molecular flexibility index (Phi) is 8.92. The third-order valence-corrected chi connectivity index (χ3v) is 6.10. The van der Waals surface area contributed by atoms with Gasteiger partial charge in [0.15, 0.2) is 9.84 Å². The van der Waals surface area contributed by atoms with Gasteiger partial charge in [0.2, 0.25) is 0 Å². The van der Waals surface area contributed by atoms with Crippen LogP contribution in [0.4, 0.5) is 0 Å². The van der Waals surface area contributed by atoms with E-state index in [4.69, 9.17) is 0 Å². The number of unbranched alkanes of at least 4 members (excludes halogenated alkanes) is 1. The topological polar surface area (TPSA) is 80.2 Å². The van der Waals surface area contributed by atoms with Crippen LogP contribution in [-0.4, -0.2) is 48.7 Å². The molecule has 2 aromatic rings. The molecule has 0 N–H and O–H groups in total. The van der Waals surface area contributed by atoms with Crippen LogP contribution in [0.2, 0.25) is 0 Å². The lowest BCUT2D eigenvalue weighted by Crippen LogP contribution is -2.36. The zero-order valence-corrected chi connectivity index (χ0v) is 18.4. The van der Waals surface area contributed by atoms with E-state index >= 15 is 0 Å². The van der Waals surface area contributed by atoms with Crippen molar-refractivity contribution in [1.29, 1.82) is 0 Å². The molecule has 0 aliphatic carbocycles. The van der Waals surface area contributed by atoms with E-state index in [1.807, 2.05) is 12.1 Å². The molecule has 0 fully saturated rings. The predicted octanol–water partition coefficient (Wildman–Crippen LogP) is 2.91. The van der Waals surface area contributed by atoms with Crippen LogP contribution in [0, 0.1) is 0 Å². The normalized spacial score (nSPS) is 12.8. The van der Waals surface area contributed by atoms with Crippen LogP contribution < -0.4 is 5.56 Å². The average Bonchev–Trinajstić information content (AvgIpc) is 2.88. The Morgan fingerprint density at radius 1 is 1.03 bits per heavy atom. The Balaban J connectivity index is 1.89. The van der Waals surface area contributed by atoms with Gasteiger partial charge in [-0.25, -0.2) is 13.4 Å². The van der Waals surface area contributed by atoms with E-state index in [0.717, 1.165) is 44.3 Å². The van der Waals surface area contributed by atoms with Crippen molar-refractivity contribution in [1.82, 2.24) is 14.9 Å². The molecular formula is C22H31N3O3S. The van der Waals surface area contributed by atoms with Gasteiger partial charge in [-0.15, -0.1) is 0 Å². The second kappa shape index (κ2) is 11.2. The lowest BCUT2D eigenvalue weighted by molar-refractivity contribution is 0.203.